The second-order valence-electron chi connectivity index (χ2n) is 3.53. The van der Waals surface area contributed by atoms with Crippen LogP contribution >= 0.6 is 0 Å². The molecule has 4 nitrogen and oxygen atoms in total. The number of ether oxygens (including phenoxy) is 2. The highest BCUT2D eigenvalue weighted by Crippen LogP contribution is 2.26. The van der Waals surface area contributed by atoms with E-state index >= 15 is 0 Å². The molecule has 0 heterocycles. The van der Waals surface area contributed by atoms with Crippen LogP contribution in [0, 0.1) is 5.82 Å². The van der Waals surface area contributed by atoms with Gasteiger partial charge in [-0.2, -0.15) is 0 Å². The first-order valence-electron chi connectivity index (χ1n) is 5.21. The highest BCUT2D eigenvalue weighted by molar-refractivity contribution is 5.69. The third kappa shape index (κ3) is 4.03. The molecule has 0 bridgehead atoms. The maximum atomic E-state index is 13.0. The lowest BCUT2D eigenvalue weighted by Gasteiger charge is -2.13. The van der Waals surface area contributed by atoms with Crippen molar-refractivity contribution in [2.75, 3.05) is 13.7 Å². The van der Waals surface area contributed by atoms with Gasteiger partial charge in [0.2, 0.25) is 0 Å². The zero-order valence-corrected chi connectivity index (χ0v) is 9.77. The number of aliphatic hydroxyl groups excluding tert-OH is 1. The molecule has 5 heteroatoms. The Morgan fingerprint density at radius 1 is 1.53 bits per heavy atom. The van der Waals surface area contributed by atoms with Crippen molar-refractivity contribution in [3.8, 4) is 5.75 Å². The quantitative estimate of drug-likeness (QED) is 0.800. The van der Waals surface area contributed by atoms with Gasteiger partial charge in [-0.25, -0.2) is 4.39 Å². The minimum absolute atomic E-state index is 0.0757. The Morgan fingerprint density at radius 2 is 2.24 bits per heavy atom. The lowest BCUT2D eigenvalue weighted by molar-refractivity contribution is -0.141. The predicted molar refractivity (Wildman–Crippen MR) is 59.2 cm³/mol. The maximum absolute atomic E-state index is 13.0. The van der Waals surface area contributed by atoms with Crippen molar-refractivity contribution in [2.45, 2.75) is 19.4 Å². The number of benzene rings is 1. The van der Waals surface area contributed by atoms with Gasteiger partial charge in [0.25, 0.3) is 0 Å². The molecule has 1 N–H and O–H groups in total. The van der Waals surface area contributed by atoms with E-state index in [1.807, 2.05) is 0 Å². The second-order valence-corrected chi connectivity index (χ2v) is 3.53. The Morgan fingerprint density at radius 3 is 2.82 bits per heavy atom. The molecule has 0 aliphatic rings. The van der Waals surface area contributed by atoms with Crippen LogP contribution in [0.1, 0.15) is 25.0 Å². The number of halogens is 1. The molecule has 0 aromatic heterocycles. The topological polar surface area (TPSA) is 55.8 Å². The van der Waals surface area contributed by atoms with Crippen LogP contribution in [-0.4, -0.2) is 24.8 Å². The van der Waals surface area contributed by atoms with E-state index in [2.05, 4.69) is 4.74 Å². The van der Waals surface area contributed by atoms with Gasteiger partial charge in [0.15, 0.2) is 0 Å². The van der Waals surface area contributed by atoms with E-state index < -0.39 is 17.9 Å². The van der Waals surface area contributed by atoms with Crippen LogP contribution in [0.4, 0.5) is 4.39 Å². The van der Waals surface area contributed by atoms with Crippen LogP contribution in [0.15, 0.2) is 18.2 Å². The molecule has 0 fully saturated rings. The number of carbonyl (C=O) groups is 1. The van der Waals surface area contributed by atoms with Crippen molar-refractivity contribution < 1.29 is 23.8 Å². The van der Waals surface area contributed by atoms with E-state index in [1.165, 1.54) is 25.3 Å². The van der Waals surface area contributed by atoms with Crippen LogP contribution in [-0.2, 0) is 9.53 Å². The number of rotatable bonds is 5. The molecule has 94 valence electrons. The van der Waals surface area contributed by atoms with Crippen LogP contribution in [0.3, 0.4) is 0 Å². The van der Waals surface area contributed by atoms with Crippen LogP contribution in [0.25, 0.3) is 0 Å². The highest BCUT2D eigenvalue weighted by Gasteiger charge is 2.11. The van der Waals surface area contributed by atoms with Gasteiger partial charge in [0, 0.05) is 11.6 Å². The largest absolute Gasteiger partial charge is 0.492 e. The fourth-order valence-corrected chi connectivity index (χ4v) is 1.32. The van der Waals surface area contributed by atoms with E-state index in [0.29, 0.717) is 5.56 Å². The van der Waals surface area contributed by atoms with Gasteiger partial charge in [-0.3, -0.25) is 4.79 Å². The zero-order valence-electron chi connectivity index (χ0n) is 9.77. The van der Waals surface area contributed by atoms with E-state index in [0.717, 1.165) is 0 Å². The Hall–Kier alpha value is -1.62. The molecule has 1 rings (SSSR count). The summed E-state index contributed by atoms with van der Waals surface area (Å²) in [5, 5.41) is 9.46. The van der Waals surface area contributed by atoms with Crippen molar-refractivity contribution in [3.05, 3.63) is 29.6 Å². The summed E-state index contributed by atoms with van der Waals surface area (Å²) in [6.45, 7) is 1.64. The van der Waals surface area contributed by atoms with Gasteiger partial charge in [0.05, 0.1) is 26.2 Å². The molecule has 0 aliphatic carbocycles. The lowest BCUT2D eigenvalue weighted by atomic mass is 10.1. The number of hydrogen-bond acceptors (Lipinski definition) is 4. The fraction of sp³-hybridized carbons (Fsp3) is 0.417. The summed E-state index contributed by atoms with van der Waals surface area (Å²) in [5.41, 5.74) is 0.483. The van der Waals surface area contributed by atoms with E-state index in [4.69, 9.17) is 4.74 Å². The Bertz CT molecular complexity index is 390. The number of carbonyl (C=O) groups excluding carboxylic acids is 1. The minimum atomic E-state index is -0.760. The normalized spacial score (nSPS) is 12.0. The Balaban J connectivity index is 2.68. The van der Waals surface area contributed by atoms with Crippen molar-refractivity contribution in [2.24, 2.45) is 0 Å². The molecule has 1 aromatic carbocycles. The van der Waals surface area contributed by atoms with Gasteiger partial charge < -0.3 is 14.6 Å². The predicted octanol–water partition coefficient (Wildman–Crippen LogP) is 1.82. The standard InChI is InChI=1S/C12H15FO4/c1-8(14)10-4-3-9(13)7-11(10)17-6-5-12(15)16-2/h3-4,7-8,14H,5-6H2,1-2H3/t8-/m1/s1. The van der Waals surface area contributed by atoms with Crippen LogP contribution in [0.2, 0.25) is 0 Å². The van der Waals surface area contributed by atoms with Crippen LogP contribution in [0.5, 0.6) is 5.75 Å². The van der Waals surface area contributed by atoms with Crippen molar-refractivity contribution in [3.63, 3.8) is 0 Å². The molecular formula is C12H15FO4. The van der Waals surface area contributed by atoms with Crippen molar-refractivity contribution in [1.82, 2.24) is 0 Å². The molecule has 0 spiro atoms. The zero-order chi connectivity index (χ0) is 12.8. The van der Waals surface area contributed by atoms with Gasteiger partial charge in [0.1, 0.15) is 11.6 Å². The molecular weight excluding hydrogens is 227 g/mol. The van der Waals surface area contributed by atoms with Gasteiger partial charge in [-0.15, -0.1) is 0 Å². The molecule has 0 saturated heterocycles. The number of aliphatic hydroxyl groups is 1. The third-order valence-electron chi connectivity index (χ3n) is 2.22. The summed E-state index contributed by atoms with van der Waals surface area (Å²) in [7, 11) is 1.28. The van der Waals surface area contributed by atoms with Crippen molar-refractivity contribution in [1.29, 1.82) is 0 Å². The SMILES string of the molecule is COC(=O)CCOc1cc(F)ccc1[C@@H](C)O. The smallest absolute Gasteiger partial charge is 0.308 e. The summed E-state index contributed by atoms with van der Waals surface area (Å²) in [4.78, 5) is 10.9. The molecule has 0 aliphatic heterocycles. The van der Waals surface area contributed by atoms with E-state index in [-0.39, 0.29) is 18.8 Å². The monoisotopic (exact) mass is 242 g/mol. The Kier molecular flexibility index (Phi) is 4.90. The minimum Gasteiger partial charge on any atom is -0.492 e. The molecule has 1 atom stereocenters. The van der Waals surface area contributed by atoms with Gasteiger partial charge >= 0.3 is 5.97 Å². The van der Waals surface area contributed by atoms with Crippen LogP contribution < -0.4 is 4.74 Å². The first-order valence-corrected chi connectivity index (χ1v) is 5.21. The molecule has 1 aromatic rings. The molecule has 0 amide bonds. The first-order chi connectivity index (χ1) is 8.04. The number of hydrogen-bond donors (Lipinski definition) is 1. The summed E-state index contributed by atoms with van der Waals surface area (Å²) in [6.07, 6.45) is -0.685. The number of esters is 1. The molecule has 0 saturated carbocycles. The molecule has 17 heavy (non-hydrogen) atoms. The highest BCUT2D eigenvalue weighted by atomic mass is 19.1. The summed E-state index contributed by atoms with van der Waals surface area (Å²) in [6, 6.07) is 3.88. The maximum Gasteiger partial charge on any atom is 0.308 e. The summed E-state index contributed by atoms with van der Waals surface area (Å²) >= 11 is 0. The average Bonchev–Trinajstić information content (AvgIpc) is 2.28. The summed E-state index contributed by atoms with van der Waals surface area (Å²) < 4.78 is 22.7. The summed E-state index contributed by atoms with van der Waals surface area (Å²) in [5.74, 6) is -0.619. The lowest BCUT2D eigenvalue weighted by Crippen LogP contribution is -2.09. The van der Waals surface area contributed by atoms with Crippen molar-refractivity contribution >= 4 is 5.97 Å². The average molecular weight is 242 g/mol. The van der Waals surface area contributed by atoms with E-state index in [9.17, 15) is 14.3 Å². The Labute approximate surface area is 99.0 Å². The second kappa shape index (κ2) is 6.20. The fourth-order valence-electron chi connectivity index (χ4n) is 1.32. The number of methoxy groups -OCH3 is 1. The molecule has 0 unspecified atom stereocenters. The third-order valence-corrected chi connectivity index (χ3v) is 2.22. The van der Waals surface area contributed by atoms with E-state index in [1.54, 1.807) is 6.92 Å². The molecule has 0 radical (unpaired) electrons. The first kappa shape index (κ1) is 13.4. The van der Waals surface area contributed by atoms with Gasteiger partial charge in [-0.1, -0.05) is 0 Å². The van der Waals surface area contributed by atoms with Gasteiger partial charge in [-0.05, 0) is 19.1 Å².